The number of rotatable bonds is 8. The highest BCUT2D eigenvalue weighted by Gasteiger charge is 2.13. The molecular weight excluding hydrogens is 330 g/mol. The molecule has 0 aliphatic rings. The molecule has 0 aromatic heterocycles. The van der Waals surface area contributed by atoms with Crippen molar-refractivity contribution in [1.82, 2.24) is 0 Å². The number of aliphatic imine (C=N–C) groups is 1. The summed E-state index contributed by atoms with van der Waals surface area (Å²) in [5, 5.41) is 8.86. The van der Waals surface area contributed by atoms with Gasteiger partial charge in [-0.3, -0.25) is 4.99 Å². The molecule has 2 aromatic rings. The second-order valence-corrected chi connectivity index (χ2v) is 5.93. The Morgan fingerprint density at radius 1 is 1.27 bits per heavy atom. The van der Waals surface area contributed by atoms with E-state index in [9.17, 15) is 4.79 Å². The minimum Gasteiger partial charge on any atom is -0.493 e. The maximum atomic E-state index is 10.8. The Labute approximate surface area is 153 Å². The molecule has 0 saturated heterocycles. The number of methoxy groups -OCH3 is 1. The van der Waals surface area contributed by atoms with E-state index in [1.165, 1.54) is 12.7 Å². The Morgan fingerprint density at radius 2 is 2.04 bits per heavy atom. The van der Waals surface area contributed by atoms with Crippen LogP contribution in [0.15, 0.2) is 48.0 Å². The Bertz CT molecular complexity index is 840. The number of benzene rings is 2. The molecule has 0 spiro atoms. The lowest BCUT2D eigenvalue weighted by Crippen LogP contribution is -2.11. The topological polar surface area (TPSA) is 68.1 Å². The Balaban J connectivity index is 2.39. The van der Waals surface area contributed by atoms with Crippen LogP contribution < -0.4 is 9.47 Å². The first-order chi connectivity index (χ1) is 12.4. The largest absolute Gasteiger partial charge is 0.493 e. The number of nitrogens with zero attached hydrogens (tertiary/aromatic N) is 1. The molecule has 0 heterocycles. The van der Waals surface area contributed by atoms with Gasteiger partial charge < -0.3 is 14.6 Å². The van der Waals surface area contributed by atoms with Crippen molar-refractivity contribution in [2.24, 2.45) is 4.99 Å². The maximum Gasteiger partial charge on any atom is 0.341 e. The van der Waals surface area contributed by atoms with Crippen LogP contribution in [0.4, 0.5) is 5.69 Å². The molecule has 26 heavy (non-hydrogen) atoms. The zero-order valence-electron chi connectivity index (χ0n) is 15.3. The molecule has 1 N–H and O–H groups in total. The third-order valence-electron chi connectivity index (χ3n) is 3.78. The van der Waals surface area contributed by atoms with Crippen molar-refractivity contribution >= 4 is 17.9 Å². The summed E-state index contributed by atoms with van der Waals surface area (Å²) in [5.74, 6) is -0.164. The number of hydrogen-bond acceptors (Lipinski definition) is 4. The third-order valence-corrected chi connectivity index (χ3v) is 3.78. The van der Waals surface area contributed by atoms with E-state index in [1.807, 2.05) is 32.0 Å². The Kier molecular flexibility index (Phi) is 6.55. The molecule has 2 rings (SSSR count). The minimum absolute atomic E-state index is 0.415. The van der Waals surface area contributed by atoms with Crippen molar-refractivity contribution in [3.05, 3.63) is 65.2 Å². The summed E-state index contributed by atoms with van der Waals surface area (Å²) in [6.07, 6.45) is 4.01. The second-order valence-electron chi connectivity index (χ2n) is 5.93. The number of ether oxygens (including phenoxy) is 2. The van der Waals surface area contributed by atoms with Crippen LogP contribution in [-0.2, 0) is 11.2 Å². The van der Waals surface area contributed by atoms with Crippen LogP contribution in [0.1, 0.15) is 22.3 Å². The fourth-order valence-electron chi connectivity index (χ4n) is 2.61. The van der Waals surface area contributed by atoms with Gasteiger partial charge in [0.15, 0.2) is 18.1 Å². The first-order valence-corrected chi connectivity index (χ1v) is 8.22. The van der Waals surface area contributed by atoms with Gasteiger partial charge in [0.1, 0.15) is 0 Å². The number of carboxylic acids is 1. The van der Waals surface area contributed by atoms with Gasteiger partial charge in [0.05, 0.1) is 12.8 Å². The van der Waals surface area contributed by atoms with Gasteiger partial charge >= 0.3 is 5.97 Å². The molecule has 0 amide bonds. The van der Waals surface area contributed by atoms with E-state index in [1.54, 1.807) is 18.4 Å². The van der Waals surface area contributed by atoms with Crippen LogP contribution in [0.2, 0.25) is 0 Å². The van der Waals surface area contributed by atoms with Crippen LogP contribution in [0.25, 0.3) is 0 Å². The number of aliphatic carboxylic acids is 1. The third kappa shape index (κ3) is 4.96. The Morgan fingerprint density at radius 3 is 2.65 bits per heavy atom. The summed E-state index contributed by atoms with van der Waals surface area (Å²) in [6, 6.07) is 9.75. The summed E-state index contributed by atoms with van der Waals surface area (Å²) in [7, 11) is 1.52. The maximum absolute atomic E-state index is 10.8. The molecule has 5 nitrogen and oxygen atoms in total. The van der Waals surface area contributed by atoms with Crippen molar-refractivity contribution in [2.75, 3.05) is 13.7 Å². The fraction of sp³-hybridized carbons (Fsp3) is 0.238. The first-order valence-electron chi connectivity index (χ1n) is 8.22. The smallest absolute Gasteiger partial charge is 0.341 e. The number of carboxylic acid groups (broad SMARTS) is 1. The molecule has 2 aromatic carbocycles. The van der Waals surface area contributed by atoms with Gasteiger partial charge in [0.25, 0.3) is 0 Å². The number of carbonyl (C=O) groups is 1. The molecule has 5 heteroatoms. The van der Waals surface area contributed by atoms with Crippen molar-refractivity contribution in [3.63, 3.8) is 0 Å². The van der Waals surface area contributed by atoms with Gasteiger partial charge in [0.2, 0.25) is 0 Å². The van der Waals surface area contributed by atoms with Gasteiger partial charge in [-0.15, -0.1) is 6.58 Å². The minimum atomic E-state index is -1.04. The molecular formula is C21H23NO4. The second kappa shape index (κ2) is 8.85. The van der Waals surface area contributed by atoms with Gasteiger partial charge in [-0.2, -0.15) is 0 Å². The van der Waals surface area contributed by atoms with Gasteiger partial charge in [-0.1, -0.05) is 23.8 Å². The van der Waals surface area contributed by atoms with Crippen molar-refractivity contribution in [3.8, 4) is 11.5 Å². The van der Waals surface area contributed by atoms with E-state index in [0.717, 1.165) is 22.4 Å². The molecule has 0 aliphatic heterocycles. The van der Waals surface area contributed by atoms with E-state index in [0.29, 0.717) is 17.9 Å². The standard InChI is InChI=1S/C21H23NO4/c1-5-6-17-10-16(11-19(25-4)21(17)26-13-20(23)24)12-22-18-8-7-14(2)9-15(18)3/h5,7-12H,1,6,13H2,2-4H3,(H,23,24). The molecule has 0 fully saturated rings. The summed E-state index contributed by atoms with van der Waals surface area (Å²) in [4.78, 5) is 15.4. The zero-order valence-corrected chi connectivity index (χ0v) is 15.3. The molecule has 0 unspecified atom stereocenters. The van der Waals surface area contributed by atoms with E-state index in [4.69, 9.17) is 14.6 Å². The highest BCUT2D eigenvalue weighted by atomic mass is 16.5. The molecule has 0 aliphatic carbocycles. The van der Waals surface area contributed by atoms with Crippen LogP contribution >= 0.6 is 0 Å². The molecule has 0 bridgehead atoms. The summed E-state index contributed by atoms with van der Waals surface area (Å²) in [5.41, 5.74) is 4.81. The lowest BCUT2D eigenvalue weighted by Gasteiger charge is -2.14. The highest BCUT2D eigenvalue weighted by molar-refractivity contribution is 5.84. The van der Waals surface area contributed by atoms with Crippen molar-refractivity contribution in [1.29, 1.82) is 0 Å². The zero-order chi connectivity index (χ0) is 19.1. The van der Waals surface area contributed by atoms with E-state index < -0.39 is 12.6 Å². The van der Waals surface area contributed by atoms with Crippen LogP contribution in [0.5, 0.6) is 11.5 Å². The van der Waals surface area contributed by atoms with Gasteiger partial charge in [-0.05, 0) is 49.6 Å². The number of aryl methyl sites for hydroxylation is 2. The normalized spacial score (nSPS) is 10.7. The molecule has 0 atom stereocenters. The highest BCUT2D eigenvalue weighted by Crippen LogP contribution is 2.33. The number of hydrogen-bond donors (Lipinski definition) is 1. The van der Waals surface area contributed by atoms with Crippen LogP contribution in [0.3, 0.4) is 0 Å². The SMILES string of the molecule is C=CCc1cc(C=Nc2ccc(C)cc2C)cc(OC)c1OCC(=O)O. The molecule has 0 saturated carbocycles. The summed E-state index contributed by atoms with van der Waals surface area (Å²) in [6.45, 7) is 7.38. The van der Waals surface area contributed by atoms with Crippen LogP contribution in [0, 0.1) is 13.8 Å². The monoisotopic (exact) mass is 353 g/mol. The fourth-order valence-corrected chi connectivity index (χ4v) is 2.61. The van der Waals surface area contributed by atoms with E-state index in [-0.39, 0.29) is 0 Å². The molecule has 136 valence electrons. The van der Waals surface area contributed by atoms with E-state index in [2.05, 4.69) is 17.6 Å². The Hall–Kier alpha value is -3.08. The molecule has 0 radical (unpaired) electrons. The average Bonchev–Trinajstić information content (AvgIpc) is 2.59. The average molecular weight is 353 g/mol. The summed E-state index contributed by atoms with van der Waals surface area (Å²) >= 11 is 0. The summed E-state index contributed by atoms with van der Waals surface area (Å²) < 4.78 is 10.8. The lowest BCUT2D eigenvalue weighted by molar-refractivity contribution is -0.139. The van der Waals surface area contributed by atoms with Gasteiger partial charge in [0, 0.05) is 11.8 Å². The van der Waals surface area contributed by atoms with Crippen molar-refractivity contribution in [2.45, 2.75) is 20.3 Å². The van der Waals surface area contributed by atoms with Crippen LogP contribution in [-0.4, -0.2) is 31.0 Å². The first kappa shape index (κ1) is 19.2. The predicted molar refractivity (Wildman–Crippen MR) is 103 cm³/mol. The number of allylic oxidation sites excluding steroid dienone is 1. The van der Waals surface area contributed by atoms with Gasteiger partial charge in [-0.25, -0.2) is 4.79 Å². The predicted octanol–water partition coefficient (Wildman–Crippen LogP) is 4.25. The van der Waals surface area contributed by atoms with E-state index >= 15 is 0 Å². The quantitative estimate of drug-likeness (QED) is 0.569. The van der Waals surface area contributed by atoms with Crippen molar-refractivity contribution < 1.29 is 19.4 Å². The lowest BCUT2D eigenvalue weighted by atomic mass is 10.1.